The van der Waals surface area contributed by atoms with Crippen LogP contribution in [-0.2, 0) is 10.8 Å². The van der Waals surface area contributed by atoms with E-state index in [2.05, 4.69) is 30.4 Å². The highest BCUT2D eigenvalue weighted by atomic mass is 35.5. The van der Waals surface area contributed by atoms with E-state index in [1.54, 1.807) is 6.07 Å². The summed E-state index contributed by atoms with van der Waals surface area (Å²) >= 11 is 6.23. The molecule has 0 fully saturated rings. The molecular weight excluding hydrogens is 512 g/mol. The van der Waals surface area contributed by atoms with Gasteiger partial charge in [0.25, 0.3) is 5.91 Å². The lowest BCUT2D eigenvalue weighted by molar-refractivity contribution is -0.461. The summed E-state index contributed by atoms with van der Waals surface area (Å²) < 4.78 is 67.2. The van der Waals surface area contributed by atoms with Crippen molar-refractivity contribution in [3.63, 3.8) is 0 Å². The Kier molecular flexibility index (Phi) is 6.61. The minimum absolute atomic E-state index is 0.0359. The molecule has 14 heteroatoms. The Bertz CT molecular complexity index is 1340. The molecule has 9 nitrogen and oxygen atoms in total. The van der Waals surface area contributed by atoms with Crippen LogP contribution in [0.15, 0.2) is 54.7 Å². The molecule has 2 heterocycles. The van der Waals surface area contributed by atoms with Crippen molar-refractivity contribution >= 4 is 34.9 Å². The van der Waals surface area contributed by atoms with Crippen LogP contribution in [0.1, 0.15) is 16.1 Å². The first-order valence-corrected chi connectivity index (χ1v) is 10.4. The lowest BCUT2D eigenvalue weighted by Gasteiger charge is -2.30. The molecule has 0 saturated heterocycles. The van der Waals surface area contributed by atoms with Crippen LogP contribution in [0, 0.1) is 0 Å². The molecule has 0 spiro atoms. The third-order valence-electron chi connectivity index (χ3n) is 4.65. The van der Waals surface area contributed by atoms with Gasteiger partial charge in [-0.3, -0.25) is 4.79 Å². The first-order chi connectivity index (χ1) is 17.0. The summed E-state index contributed by atoms with van der Waals surface area (Å²) in [6.45, 7) is 0. The van der Waals surface area contributed by atoms with E-state index in [-0.39, 0.29) is 33.6 Å². The number of fused-ring (bicyclic) bond motifs is 1. The third-order valence-corrected chi connectivity index (χ3v) is 4.95. The van der Waals surface area contributed by atoms with Crippen molar-refractivity contribution in [2.45, 2.75) is 12.4 Å². The highest BCUT2D eigenvalue weighted by Gasteiger charge is 2.54. The van der Waals surface area contributed by atoms with Gasteiger partial charge in [-0.2, -0.15) is 8.78 Å². The highest BCUT2D eigenvalue weighted by molar-refractivity contribution is 6.32. The van der Waals surface area contributed by atoms with E-state index >= 15 is 0 Å². The molecule has 1 aromatic heterocycles. The lowest BCUT2D eigenvalue weighted by Crippen LogP contribution is -2.41. The van der Waals surface area contributed by atoms with E-state index in [1.165, 1.54) is 37.5 Å². The zero-order valence-corrected chi connectivity index (χ0v) is 18.8. The van der Waals surface area contributed by atoms with Gasteiger partial charge < -0.3 is 25.4 Å². The van der Waals surface area contributed by atoms with Crippen molar-refractivity contribution in [1.29, 1.82) is 0 Å². The van der Waals surface area contributed by atoms with Gasteiger partial charge >= 0.3 is 18.4 Å². The summed E-state index contributed by atoms with van der Waals surface area (Å²) in [6.07, 6.45) is -7.41. The van der Waals surface area contributed by atoms with Gasteiger partial charge in [-0.25, -0.2) is 14.5 Å². The van der Waals surface area contributed by atoms with Crippen LogP contribution in [0.4, 0.5) is 33.7 Å². The van der Waals surface area contributed by atoms with Crippen LogP contribution in [0.3, 0.4) is 0 Å². The number of carbonyl (C=O) groups excluding carboxylic acids is 2. The van der Waals surface area contributed by atoms with Gasteiger partial charge in [-0.15, -0.1) is 8.78 Å². The molecule has 3 amide bonds. The van der Waals surface area contributed by atoms with Crippen LogP contribution in [-0.4, -0.2) is 30.3 Å². The molecule has 36 heavy (non-hydrogen) atoms. The Hall–Kier alpha value is -4.10. The van der Waals surface area contributed by atoms with Gasteiger partial charge in [-0.05, 0) is 42.5 Å². The number of nitrogens with zero attached hydrogens (tertiary/aromatic N) is 1. The number of pyridine rings is 1. The van der Waals surface area contributed by atoms with Gasteiger partial charge in [0.1, 0.15) is 11.5 Å². The van der Waals surface area contributed by atoms with Crippen LogP contribution in [0.5, 0.6) is 17.2 Å². The summed E-state index contributed by atoms with van der Waals surface area (Å²) in [5.41, 5.74) is -0.781. The number of alkyl halides is 4. The van der Waals surface area contributed by atoms with Crippen molar-refractivity contribution < 1.29 is 41.4 Å². The Morgan fingerprint density at radius 1 is 1.00 bits per heavy atom. The molecule has 2 aromatic carbocycles. The monoisotopic (exact) mass is 526 g/mol. The van der Waals surface area contributed by atoms with E-state index in [0.717, 1.165) is 18.2 Å². The molecule has 188 valence electrons. The number of benzene rings is 2. The smallest absolute Gasteiger partial charge is 0.453 e. The van der Waals surface area contributed by atoms with Crippen molar-refractivity contribution in [3.05, 3.63) is 71.0 Å². The average Bonchev–Trinajstić information content (AvgIpc) is 2.79. The average molecular weight is 527 g/mol. The van der Waals surface area contributed by atoms with Crippen molar-refractivity contribution in [2.75, 3.05) is 17.7 Å². The van der Waals surface area contributed by atoms with E-state index in [0.29, 0.717) is 0 Å². The standard InChI is InChI=1S/C22H15ClF4N4O5/c1-28-19(32)18-16(3-2-8-29-18)34-15-7-5-11(9-14(15)23)30-20(33)31-12-4-6-13-17(10-12)35-22(26,27)36-21(13,24)25/h2-10H,1H3,(H,28,32)(H2,30,31,33). The first-order valence-electron chi connectivity index (χ1n) is 9.99. The maximum atomic E-state index is 13.7. The zero-order valence-electron chi connectivity index (χ0n) is 18.1. The van der Waals surface area contributed by atoms with Gasteiger partial charge in [0.2, 0.25) is 0 Å². The second kappa shape index (κ2) is 9.51. The van der Waals surface area contributed by atoms with Crippen molar-refractivity contribution in [2.24, 2.45) is 0 Å². The van der Waals surface area contributed by atoms with E-state index < -0.39 is 35.7 Å². The quantitative estimate of drug-likeness (QED) is 0.377. The SMILES string of the molecule is CNC(=O)c1ncccc1Oc1ccc(NC(=O)Nc2ccc3c(c2)OC(F)(F)OC3(F)F)cc1Cl. The molecule has 3 aromatic rings. The number of hydrogen-bond acceptors (Lipinski definition) is 6. The van der Waals surface area contributed by atoms with E-state index in [9.17, 15) is 27.2 Å². The number of halogens is 5. The summed E-state index contributed by atoms with van der Waals surface area (Å²) in [5.74, 6) is -1.01. The largest absolute Gasteiger partial charge is 0.540 e. The van der Waals surface area contributed by atoms with Gasteiger partial charge in [0, 0.05) is 30.7 Å². The normalized spacial score (nSPS) is 15.2. The number of rotatable bonds is 5. The summed E-state index contributed by atoms with van der Waals surface area (Å²) in [6, 6.07) is 9.12. The molecule has 0 aliphatic carbocycles. The van der Waals surface area contributed by atoms with E-state index in [1.807, 2.05) is 0 Å². The fourth-order valence-corrected chi connectivity index (χ4v) is 3.33. The minimum Gasteiger partial charge on any atom is -0.453 e. The Labute approximate surface area is 205 Å². The number of anilines is 2. The molecule has 0 atom stereocenters. The summed E-state index contributed by atoms with van der Waals surface area (Å²) in [4.78, 5) is 28.3. The number of hydrogen-bond donors (Lipinski definition) is 3. The molecule has 1 aliphatic heterocycles. The molecule has 4 rings (SSSR count). The van der Waals surface area contributed by atoms with Gasteiger partial charge in [-0.1, -0.05) is 11.6 Å². The molecule has 3 N–H and O–H groups in total. The Morgan fingerprint density at radius 2 is 1.69 bits per heavy atom. The van der Waals surface area contributed by atoms with Crippen LogP contribution in [0.25, 0.3) is 0 Å². The van der Waals surface area contributed by atoms with Crippen LogP contribution in [0.2, 0.25) is 5.02 Å². The number of aromatic nitrogens is 1. The van der Waals surface area contributed by atoms with Crippen molar-refractivity contribution in [1.82, 2.24) is 10.3 Å². The van der Waals surface area contributed by atoms with E-state index in [4.69, 9.17) is 16.3 Å². The number of nitrogens with one attached hydrogen (secondary N) is 3. The third kappa shape index (κ3) is 5.42. The summed E-state index contributed by atoms with van der Waals surface area (Å²) in [7, 11) is 1.44. The summed E-state index contributed by atoms with van der Waals surface area (Å²) in [5, 5.41) is 7.27. The maximum absolute atomic E-state index is 13.7. The van der Waals surface area contributed by atoms with Crippen molar-refractivity contribution in [3.8, 4) is 17.2 Å². The molecule has 0 bridgehead atoms. The Morgan fingerprint density at radius 3 is 2.39 bits per heavy atom. The molecule has 1 aliphatic rings. The van der Waals surface area contributed by atoms with Gasteiger partial charge in [0.15, 0.2) is 11.4 Å². The number of carbonyl (C=O) groups is 2. The zero-order chi connectivity index (χ0) is 26.1. The van der Waals surface area contributed by atoms with Crippen LogP contribution < -0.4 is 25.4 Å². The number of ether oxygens (including phenoxy) is 3. The lowest BCUT2D eigenvalue weighted by atomic mass is 10.1. The minimum atomic E-state index is -4.55. The fourth-order valence-electron chi connectivity index (χ4n) is 3.11. The maximum Gasteiger partial charge on any atom is 0.540 e. The topological polar surface area (TPSA) is 111 Å². The number of amides is 3. The molecule has 0 unspecified atom stereocenters. The van der Waals surface area contributed by atoms with Gasteiger partial charge in [0.05, 0.1) is 10.6 Å². The second-order valence-corrected chi connectivity index (χ2v) is 7.56. The molecular formula is C22H15ClF4N4O5. The number of urea groups is 1. The highest BCUT2D eigenvalue weighted by Crippen LogP contribution is 2.46. The Balaban J connectivity index is 1.45. The molecule has 0 radical (unpaired) electrons. The van der Waals surface area contributed by atoms with Crippen LogP contribution >= 0.6 is 11.6 Å². The second-order valence-electron chi connectivity index (χ2n) is 7.15. The molecule has 0 saturated carbocycles. The fraction of sp³-hybridized carbons (Fsp3) is 0.136. The predicted molar refractivity (Wildman–Crippen MR) is 119 cm³/mol. The first kappa shape index (κ1) is 25.0. The predicted octanol–water partition coefficient (Wildman–Crippen LogP) is 5.54.